The van der Waals surface area contributed by atoms with Crippen molar-refractivity contribution in [1.29, 1.82) is 0 Å². The molecule has 0 unspecified atom stereocenters. The molecule has 4 rings (SSSR count). The van der Waals surface area contributed by atoms with E-state index in [0.717, 1.165) is 29.7 Å². The zero-order valence-corrected chi connectivity index (χ0v) is 18.1. The molecule has 0 bridgehead atoms. The van der Waals surface area contributed by atoms with Gasteiger partial charge in [-0.1, -0.05) is 23.2 Å². The van der Waals surface area contributed by atoms with E-state index in [4.69, 9.17) is 20.9 Å². The molecule has 0 saturated heterocycles. The van der Waals surface area contributed by atoms with Gasteiger partial charge in [-0.15, -0.1) is 0 Å². The molecule has 1 aromatic heterocycles. The van der Waals surface area contributed by atoms with Crippen LogP contribution in [-0.2, 0) is 4.79 Å². The van der Waals surface area contributed by atoms with Crippen molar-refractivity contribution in [1.82, 2.24) is 10.1 Å². The molecule has 31 heavy (non-hydrogen) atoms. The molecule has 2 aromatic carbocycles. The number of ether oxygens (including phenoxy) is 1. The van der Waals surface area contributed by atoms with Gasteiger partial charge in [-0.3, -0.25) is 4.79 Å². The second-order valence-corrected chi connectivity index (χ2v) is 8.35. The van der Waals surface area contributed by atoms with Crippen LogP contribution in [0.5, 0.6) is 5.75 Å². The Morgan fingerprint density at radius 2 is 1.94 bits per heavy atom. The van der Waals surface area contributed by atoms with Crippen LogP contribution in [0.25, 0.3) is 22.8 Å². The summed E-state index contributed by atoms with van der Waals surface area (Å²) in [6, 6.07) is 12.9. The predicted octanol–water partition coefficient (Wildman–Crippen LogP) is 5.51. The molecule has 7 nitrogen and oxygen atoms in total. The van der Waals surface area contributed by atoms with Crippen LogP contribution < -0.4 is 10.1 Å². The molecule has 162 valence electrons. The first-order valence-electron chi connectivity index (χ1n) is 10.3. The predicted molar refractivity (Wildman–Crippen MR) is 118 cm³/mol. The van der Waals surface area contributed by atoms with E-state index < -0.39 is 5.97 Å². The van der Waals surface area contributed by atoms with Crippen molar-refractivity contribution in [3.8, 4) is 28.6 Å². The van der Waals surface area contributed by atoms with Gasteiger partial charge in [0, 0.05) is 22.9 Å². The van der Waals surface area contributed by atoms with Gasteiger partial charge in [0.05, 0.1) is 17.0 Å². The monoisotopic (exact) mass is 441 g/mol. The van der Waals surface area contributed by atoms with Crippen molar-refractivity contribution >= 4 is 23.3 Å². The molecule has 8 heteroatoms. The molecule has 2 atom stereocenters. The van der Waals surface area contributed by atoms with E-state index in [1.165, 1.54) is 0 Å². The largest absolute Gasteiger partial charge is 0.489 e. The average Bonchev–Trinajstić information content (AvgIpc) is 3.40. The molecule has 0 radical (unpaired) electrons. The molecule has 1 saturated carbocycles. The fraction of sp³-hybridized carbons (Fsp3) is 0.348. The summed E-state index contributed by atoms with van der Waals surface area (Å²) in [6.07, 6.45) is 2.52. The van der Waals surface area contributed by atoms with Gasteiger partial charge in [0.15, 0.2) is 0 Å². The highest BCUT2D eigenvalue weighted by atomic mass is 35.5. The highest BCUT2D eigenvalue weighted by molar-refractivity contribution is 6.32. The van der Waals surface area contributed by atoms with E-state index in [1.54, 1.807) is 12.1 Å². The van der Waals surface area contributed by atoms with Gasteiger partial charge < -0.3 is 19.7 Å². The topological polar surface area (TPSA) is 97.5 Å². The molecular formula is C23H24ClN3O4. The van der Waals surface area contributed by atoms with E-state index in [2.05, 4.69) is 15.5 Å². The fourth-order valence-corrected chi connectivity index (χ4v) is 4.02. The Kier molecular flexibility index (Phi) is 6.13. The number of halogens is 1. The quantitative estimate of drug-likeness (QED) is 0.498. The molecule has 3 aromatic rings. The van der Waals surface area contributed by atoms with Crippen molar-refractivity contribution in [2.45, 2.75) is 45.3 Å². The highest BCUT2D eigenvalue weighted by Crippen LogP contribution is 2.32. The van der Waals surface area contributed by atoms with Crippen molar-refractivity contribution < 1.29 is 19.2 Å². The number of carbonyl (C=O) groups is 1. The molecule has 0 spiro atoms. The Labute approximate surface area is 185 Å². The van der Waals surface area contributed by atoms with Gasteiger partial charge in [-0.05, 0) is 69.2 Å². The zero-order valence-electron chi connectivity index (χ0n) is 17.3. The number of hydrogen-bond acceptors (Lipinski definition) is 6. The molecule has 1 aliphatic carbocycles. The number of carboxylic acids is 1. The summed E-state index contributed by atoms with van der Waals surface area (Å²) in [5.41, 5.74) is 2.38. The lowest BCUT2D eigenvalue weighted by Crippen LogP contribution is -2.29. The number of rotatable bonds is 7. The minimum atomic E-state index is -0.742. The minimum Gasteiger partial charge on any atom is -0.489 e. The summed E-state index contributed by atoms with van der Waals surface area (Å²) in [5, 5.41) is 17.2. The Morgan fingerprint density at radius 3 is 2.61 bits per heavy atom. The summed E-state index contributed by atoms with van der Waals surface area (Å²) >= 11 is 6.31. The Hall–Kier alpha value is -3.06. The van der Waals surface area contributed by atoms with Crippen LogP contribution in [0.3, 0.4) is 0 Å². The number of hydrogen-bond donors (Lipinski definition) is 2. The second kappa shape index (κ2) is 8.98. The van der Waals surface area contributed by atoms with Crippen molar-refractivity contribution in [3.05, 3.63) is 47.5 Å². The standard InChI is InChI=1S/C23H24ClN3O4/c1-13(2)30-20-11-8-15(12-18(20)24)21-26-22(31-27-21)14-6-9-16(10-7-14)25-19-5-3-4-17(19)23(28)29/h6-13,17,19,25H,3-5H2,1-2H3,(H,28,29)/t17-,19-/m0/s1. The van der Waals surface area contributed by atoms with Gasteiger partial charge >= 0.3 is 5.97 Å². The number of nitrogens with zero attached hydrogens (tertiary/aromatic N) is 2. The van der Waals surface area contributed by atoms with E-state index in [1.807, 2.05) is 44.2 Å². The van der Waals surface area contributed by atoms with E-state index in [9.17, 15) is 9.90 Å². The summed E-state index contributed by atoms with van der Waals surface area (Å²) in [7, 11) is 0. The second-order valence-electron chi connectivity index (χ2n) is 7.94. The fourth-order valence-electron chi connectivity index (χ4n) is 3.80. The van der Waals surface area contributed by atoms with Crippen molar-refractivity contribution in [2.75, 3.05) is 5.32 Å². The number of carboxylic acid groups (broad SMARTS) is 1. The maximum absolute atomic E-state index is 11.4. The van der Waals surface area contributed by atoms with Gasteiger partial charge in [0.25, 0.3) is 5.89 Å². The average molecular weight is 442 g/mol. The Bertz CT molecular complexity index is 1060. The Morgan fingerprint density at radius 1 is 1.19 bits per heavy atom. The molecule has 0 aliphatic heterocycles. The summed E-state index contributed by atoms with van der Waals surface area (Å²) in [4.78, 5) is 15.8. The third-order valence-corrected chi connectivity index (χ3v) is 5.59. The normalized spacial score (nSPS) is 18.3. The van der Waals surface area contributed by atoms with Gasteiger partial charge in [-0.2, -0.15) is 4.98 Å². The smallest absolute Gasteiger partial charge is 0.308 e. The van der Waals surface area contributed by atoms with Gasteiger partial charge in [-0.25, -0.2) is 0 Å². The first kappa shape index (κ1) is 21.2. The van der Waals surface area contributed by atoms with Crippen LogP contribution in [0.15, 0.2) is 47.0 Å². The lowest BCUT2D eigenvalue weighted by molar-refractivity contribution is -0.141. The van der Waals surface area contributed by atoms with Crippen LogP contribution in [0.2, 0.25) is 5.02 Å². The van der Waals surface area contributed by atoms with Crippen LogP contribution in [-0.4, -0.2) is 33.4 Å². The third-order valence-electron chi connectivity index (χ3n) is 5.30. The molecule has 1 aliphatic rings. The van der Waals surface area contributed by atoms with Gasteiger partial charge in [0.1, 0.15) is 5.75 Å². The van der Waals surface area contributed by atoms with E-state index in [-0.39, 0.29) is 18.1 Å². The maximum Gasteiger partial charge on any atom is 0.308 e. The SMILES string of the molecule is CC(C)Oc1ccc(-c2noc(-c3ccc(N[C@H]4CCC[C@@H]4C(=O)O)cc3)n2)cc1Cl. The number of aliphatic carboxylic acids is 1. The lowest BCUT2D eigenvalue weighted by atomic mass is 10.0. The van der Waals surface area contributed by atoms with Crippen LogP contribution in [0.4, 0.5) is 5.69 Å². The summed E-state index contributed by atoms with van der Waals surface area (Å²) in [5.74, 6) is 0.353. The minimum absolute atomic E-state index is 0.0290. The summed E-state index contributed by atoms with van der Waals surface area (Å²) < 4.78 is 11.1. The van der Waals surface area contributed by atoms with Crippen LogP contribution in [0, 0.1) is 5.92 Å². The number of benzene rings is 2. The lowest BCUT2D eigenvalue weighted by Gasteiger charge is -2.18. The third kappa shape index (κ3) is 4.82. The highest BCUT2D eigenvalue weighted by Gasteiger charge is 2.32. The number of anilines is 1. The molecular weight excluding hydrogens is 418 g/mol. The Balaban J connectivity index is 1.47. The number of aromatic nitrogens is 2. The van der Waals surface area contributed by atoms with Gasteiger partial charge in [0.2, 0.25) is 5.82 Å². The van der Waals surface area contributed by atoms with Crippen molar-refractivity contribution in [2.24, 2.45) is 5.92 Å². The molecule has 2 N–H and O–H groups in total. The molecule has 1 heterocycles. The van der Waals surface area contributed by atoms with Crippen LogP contribution >= 0.6 is 11.6 Å². The molecule has 1 fully saturated rings. The van der Waals surface area contributed by atoms with Crippen LogP contribution in [0.1, 0.15) is 33.1 Å². The van der Waals surface area contributed by atoms with E-state index >= 15 is 0 Å². The molecule has 0 amide bonds. The zero-order chi connectivity index (χ0) is 22.0. The maximum atomic E-state index is 11.4. The first-order chi connectivity index (χ1) is 14.9. The summed E-state index contributed by atoms with van der Waals surface area (Å²) in [6.45, 7) is 3.88. The van der Waals surface area contributed by atoms with Crippen molar-refractivity contribution in [3.63, 3.8) is 0 Å². The van der Waals surface area contributed by atoms with E-state index in [0.29, 0.717) is 28.9 Å². The first-order valence-corrected chi connectivity index (χ1v) is 10.7. The number of nitrogens with one attached hydrogen (secondary N) is 1.